The van der Waals surface area contributed by atoms with Crippen LogP contribution in [0.25, 0.3) is 16.1 Å². The van der Waals surface area contributed by atoms with Gasteiger partial charge in [-0.25, -0.2) is 9.67 Å². The molecule has 2 saturated heterocycles. The quantitative estimate of drug-likeness (QED) is 0.0594. The van der Waals surface area contributed by atoms with Crippen LogP contribution < -0.4 is 10.2 Å². The molecule has 0 saturated carbocycles. The molecule has 2 N–H and O–H groups in total. The molecule has 15 nitrogen and oxygen atoms in total. The molecule has 0 spiro atoms. The van der Waals surface area contributed by atoms with Gasteiger partial charge in [0.2, 0.25) is 0 Å². The van der Waals surface area contributed by atoms with Gasteiger partial charge in [0, 0.05) is 86.8 Å². The maximum atomic E-state index is 12.3. The van der Waals surface area contributed by atoms with Crippen molar-refractivity contribution in [2.45, 2.75) is 58.3 Å². The van der Waals surface area contributed by atoms with Crippen molar-refractivity contribution in [2.24, 2.45) is 11.0 Å². The number of hydrogen-bond acceptors (Lipinski definition) is 11. The van der Waals surface area contributed by atoms with Crippen molar-refractivity contribution in [3.05, 3.63) is 75.0 Å². The molecule has 0 amide bonds. The number of aryl methyl sites for hydroxylation is 4. The fourth-order valence-electron chi connectivity index (χ4n) is 8.15. The number of carbonyl (C=O) groups is 1. The largest absolute Gasteiger partial charge is 0.481 e. The monoisotopic (exact) mass is 772 g/mol. The van der Waals surface area contributed by atoms with Crippen molar-refractivity contribution in [3.63, 3.8) is 0 Å². The van der Waals surface area contributed by atoms with E-state index < -0.39 is 5.97 Å². The number of anilines is 2. The van der Waals surface area contributed by atoms with Crippen molar-refractivity contribution >= 4 is 17.5 Å². The lowest BCUT2D eigenvalue weighted by Crippen LogP contribution is -2.47. The van der Waals surface area contributed by atoms with E-state index in [4.69, 9.17) is 29.8 Å². The zero-order valence-corrected chi connectivity index (χ0v) is 33.3. The molecule has 0 aliphatic carbocycles. The predicted octanol–water partition coefficient (Wildman–Crippen LogP) is 5.24. The number of azide groups is 1. The summed E-state index contributed by atoms with van der Waals surface area (Å²) in [6, 6.07) is 13.1. The summed E-state index contributed by atoms with van der Waals surface area (Å²) in [6.07, 6.45) is 5.53. The topological polar surface area (TPSA) is 166 Å². The molecule has 0 bridgehead atoms. The van der Waals surface area contributed by atoms with Gasteiger partial charge >= 0.3 is 5.97 Å². The van der Waals surface area contributed by atoms with E-state index in [1.807, 2.05) is 11.6 Å². The van der Waals surface area contributed by atoms with Crippen LogP contribution in [0.3, 0.4) is 0 Å². The first-order valence-corrected chi connectivity index (χ1v) is 20.4. The maximum absolute atomic E-state index is 12.3. The lowest BCUT2D eigenvalue weighted by Gasteiger charge is -2.36. The molecule has 3 aromatic rings. The Morgan fingerprint density at radius 3 is 2.50 bits per heavy atom. The van der Waals surface area contributed by atoms with Gasteiger partial charge in [-0.15, -0.1) is 0 Å². The SMILES string of the molecule is Cc1cc(C)n(-c2cc([C@H](CC(=O)O)CN3CC[C@@H](CCc4ccc5c(n4)NCCC5)C3)cc(N3CCN(CCOCCOCCOCCN=[N+]=[N-])CC3)c2)n1. The van der Waals surface area contributed by atoms with Crippen molar-refractivity contribution in [2.75, 3.05) is 115 Å². The zero-order chi connectivity index (χ0) is 39.1. The van der Waals surface area contributed by atoms with Crippen LogP contribution in [0.5, 0.6) is 0 Å². The molecule has 3 aliphatic rings. The van der Waals surface area contributed by atoms with Gasteiger partial charge < -0.3 is 34.4 Å². The molecule has 0 radical (unpaired) electrons. The maximum Gasteiger partial charge on any atom is 0.304 e. The Bertz CT molecular complexity index is 1760. The molecule has 2 aromatic heterocycles. The Morgan fingerprint density at radius 1 is 0.982 bits per heavy atom. The standard InChI is InChI=1S/C41H60N10O5/c1-31-24-32(2)51(46-31)39-26-35(25-38(28-39)50-15-13-48(14-16-50)17-19-55-21-23-56-22-20-54-18-11-44-47-42)36(27-40(52)53)30-49-12-9-33(29-49)5-7-37-8-6-34-4-3-10-43-41(34)45-37/h6,8,24-26,28,33,36H,3-5,7,9-23,27,29-30H2,1-2H3,(H,43,45)(H,52,53)/t33-,36-/m1/s1. The van der Waals surface area contributed by atoms with Crippen LogP contribution in [0.2, 0.25) is 0 Å². The Morgan fingerprint density at radius 2 is 1.75 bits per heavy atom. The van der Waals surface area contributed by atoms with Gasteiger partial charge in [0.25, 0.3) is 0 Å². The second-order valence-corrected chi connectivity index (χ2v) is 15.3. The van der Waals surface area contributed by atoms with Gasteiger partial charge in [-0.05, 0) is 105 Å². The van der Waals surface area contributed by atoms with Crippen LogP contribution in [0, 0.1) is 19.8 Å². The Labute approximate surface area is 330 Å². The van der Waals surface area contributed by atoms with Crippen molar-refractivity contribution in [1.82, 2.24) is 24.6 Å². The van der Waals surface area contributed by atoms with Crippen LogP contribution in [0.15, 0.2) is 41.5 Å². The van der Waals surface area contributed by atoms with Crippen molar-refractivity contribution in [3.8, 4) is 5.69 Å². The summed E-state index contributed by atoms with van der Waals surface area (Å²) in [5, 5.41) is 21.8. The van der Waals surface area contributed by atoms with Crippen LogP contribution in [-0.2, 0) is 31.8 Å². The highest BCUT2D eigenvalue weighted by Gasteiger charge is 2.28. The van der Waals surface area contributed by atoms with E-state index in [1.165, 1.54) is 5.56 Å². The molecule has 0 unspecified atom stereocenters. The molecule has 6 rings (SSSR count). The van der Waals surface area contributed by atoms with Crippen LogP contribution in [0.1, 0.15) is 59.8 Å². The molecule has 15 heteroatoms. The number of nitrogens with zero attached hydrogens (tertiary/aromatic N) is 9. The summed E-state index contributed by atoms with van der Waals surface area (Å²) >= 11 is 0. The van der Waals surface area contributed by atoms with Gasteiger partial charge in [-0.3, -0.25) is 9.69 Å². The number of likely N-dealkylation sites (tertiary alicyclic amines) is 1. The lowest BCUT2D eigenvalue weighted by molar-refractivity contribution is -0.137. The van der Waals surface area contributed by atoms with E-state index in [9.17, 15) is 9.90 Å². The van der Waals surface area contributed by atoms with E-state index in [1.54, 1.807) is 0 Å². The number of benzene rings is 1. The number of pyridine rings is 1. The lowest BCUT2D eigenvalue weighted by atomic mass is 9.93. The number of piperazine rings is 1. The highest BCUT2D eigenvalue weighted by atomic mass is 16.5. The number of fused-ring (bicyclic) bond motifs is 1. The average molecular weight is 773 g/mol. The fraction of sp³-hybridized carbons (Fsp3) is 0.634. The fourth-order valence-corrected chi connectivity index (χ4v) is 8.15. The van der Waals surface area contributed by atoms with Gasteiger partial charge in [-0.1, -0.05) is 11.2 Å². The van der Waals surface area contributed by atoms with Gasteiger partial charge in [0.1, 0.15) is 5.82 Å². The van der Waals surface area contributed by atoms with Gasteiger partial charge in [-0.2, -0.15) is 5.10 Å². The number of carboxylic acids is 1. The predicted molar refractivity (Wildman–Crippen MR) is 217 cm³/mol. The number of hydrogen-bond donors (Lipinski definition) is 2. The van der Waals surface area contributed by atoms with Crippen molar-refractivity contribution in [1.29, 1.82) is 0 Å². The molecular weight excluding hydrogens is 713 g/mol. The third kappa shape index (κ3) is 12.4. The Kier molecular flexibility index (Phi) is 15.8. The second kappa shape index (κ2) is 21.3. The molecule has 304 valence electrons. The number of aliphatic carboxylic acids is 1. The third-order valence-electron chi connectivity index (χ3n) is 11.1. The Hall–Kier alpha value is -4.24. The summed E-state index contributed by atoms with van der Waals surface area (Å²) in [5.41, 5.74) is 15.9. The number of rotatable bonds is 22. The number of ether oxygens (including phenoxy) is 3. The highest BCUT2D eigenvalue weighted by Crippen LogP contribution is 2.32. The molecule has 5 heterocycles. The smallest absolute Gasteiger partial charge is 0.304 e. The molecule has 2 fully saturated rings. The van der Waals surface area contributed by atoms with E-state index in [0.29, 0.717) is 52.1 Å². The first-order valence-electron chi connectivity index (χ1n) is 20.4. The summed E-state index contributed by atoms with van der Waals surface area (Å²) < 4.78 is 18.7. The van der Waals surface area contributed by atoms with Crippen molar-refractivity contribution < 1.29 is 24.1 Å². The molecule has 3 aliphatic heterocycles. The number of aromatic nitrogens is 3. The molecule has 56 heavy (non-hydrogen) atoms. The minimum atomic E-state index is -0.772. The van der Waals surface area contributed by atoms with Gasteiger partial charge in [0.05, 0.1) is 57.4 Å². The minimum absolute atomic E-state index is 0.0820. The number of carboxylic acid groups (broad SMARTS) is 1. The number of nitrogens with one attached hydrogen (secondary N) is 1. The second-order valence-electron chi connectivity index (χ2n) is 15.3. The van der Waals surface area contributed by atoms with Crippen LogP contribution in [0.4, 0.5) is 11.5 Å². The van der Waals surface area contributed by atoms with E-state index in [-0.39, 0.29) is 12.3 Å². The van der Waals surface area contributed by atoms with E-state index in [2.05, 4.69) is 73.4 Å². The van der Waals surface area contributed by atoms with Crippen LogP contribution in [-0.4, -0.2) is 141 Å². The zero-order valence-electron chi connectivity index (χ0n) is 33.3. The average Bonchev–Trinajstić information content (AvgIpc) is 3.81. The summed E-state index contributed by atoms with van der Waals surface area (Å²) in [5.74, 6) is 0.720. The highest BCUT2D eigenvalue weighted by molar-refractivity contribution is 5.69. The van der Waals surface area contributed by atoms with Gasteiger partial charge in [0.15, 0.2) is 0 Å². The minimum Gasteiger partial charge on any atom is -0.481 e. The summed E-state index contributed by atoms with van der Waals surface area (Å²) in [6.45, 7) is 15.5. The molecular formula is C41H60N10O5. The van der Waals surface area contributed by atoms with Crippen LogP contribution >= 0.6 is 0 Å². The summed E-state index contributed by atoms with van der Waals surface area (Å²) in [7, 11) is 0. The third-order valence-corrected chi connectivity index (χ3v) is 11.1. The Balaban J connectivity index is 1.03. The normalized spacial score (nSPS) is 18.0. The van der Waals surface area contributed by atoms with E-state index in [0.717, 1.165) is 131 Å². The molecule has 2 atom stereocenters. The summed E-state index contributed by atoms with van der Waals surface area (Å²) in [4.78, 5) is 27.3. The molecule has 1 aromatic carbocycles. The van der Waals surface area contributed by atoms with E-state index >= 15 is 0 Å². The first kappa shape index (κ1) is 41.4. The first-order chi connectivity index (χ1) is 27.3.